The van der Waals surface area contributed by atoms with Crippen LogP contribution in [0.15, 0.2) is 36.4 Å². The molecule has 238 valence electrons. The minimum atomic E-state index is -3.84. The highest BCUT2D eigenvalue weighted by Gasteiger charge is 2.62. The maximum atomic E-state index is 13.8. The number of allylic oxidation sites excluding steroid dienone is 1. The average molecular weight is 631 g/mol. The lowest BCUT2D eigenvalue weighted by Crippen LogP contribution is -2.54. The number of benzene rings is 1. The second-order valence-electron chi connectivity index (χ2n) is 12.0. The van der Waals surface area contributed by atoms with Crippen LogP contribution in [0.1, 0.15) is 61.7 Å². The van der Waals surface area contributed by atoms with Crippen molar-refractivity contribution < 1.29 is 41.9 Å². The Morgan fingerprint density at radius 1 is 1.09 bits per heavy atom. The predicted octanol–water partition coefficient (Wildman–Crippen LogP) is 2.10. The number of ether oxygens (including phenoxy) is 2. The number of fused-ring (bicyclic) bond motifs is 2. The van der Waals surface area contributed by atoms with Crippen molar-refractivity contribution in [3.8, 4) is 0 Å². The molecule has 5 atom stereocenters. The third kappa shape index (κ3) is 6.90. The van der Waals surface area contributed by atoms with Crippen LogP contribution < -0.4 is 15.4 Å². The van der Waals surface area contributed by atoms with E-state index < -0.39 is 62.6 Å². The highest BCUT2D eigenvalue weighted by atomic mass is 32.2. The molecule has 0 aromatic heterocycles. The summed E-state index contributed by atoms with van der Waals surface area (Å²) in [6, 6.07) is 6.10. The molecule has 0 saturated heterocycles. The van der Waals surface area contributed by atoms with Gasteiger partial charge in [-0.05, 0) is 69.6 Å². The van der Waals surface area contributed by atoms with Gasteiger partial charge in [-0.2, -0.15) is 0 Å². The Bertz CT molecular complexity index is 1470. The molecular formula is C30H38N4O9S. The molecule has 14 heteroatoms. The van der Waals surface area contributed by atoms with Crippen LogP contribution in [0.2, 0.25) is 0 Å². The van der Waals surface area contributed by atoms with Crippen molar-refractivity contribution in [3.63, 3.8) is 0 Å². The summed E-state index contributed by atoms with van der Waals surface area (Å²) in [4.78, 5) is 66.9. The van der Waals surface area contributed by atoms with Crippen LogP contribution in [0.5, 0.6) is 0 Å². The Morgan fingerprint density at radius 3 is 2.57 bits per heavy atom. The SMILES string of the molecule is COC(=O)c1cccc(NC(=O)O[C@@H]2C[C@H]3C(=O)N[C@]4(C(=O)NS(=O)(=O)C5CC5)C[C@H]4C=CCCCCN(C)C(=O)[C@@H]3C2)c1. The molecule has 3 fully saturated rings. The molecule has 1 aromatic rings. The molecule has 3 aliphatic carbocycles. The van der Waals surface area contributed by atoms with E-state index in [0.717, 1.165) is 12.8 Å². The molecule has 0 bridgehead atoms. The summed E-state index contributed by atoms with van der Waals surface area (Å²) in [5, 5.41) is 4.77. The Labute approximate surface area is 256 Å². The van der Waals surface area contributed by atoms with Crippen molar-refractivity contribution in [2.75, 3.05) is 26.0 Å². The number of hydrogen-bond donors (Lipinski definition) is 3. The normalized spacial score (nSPS) is 28.9. The van der Waals surface area contributed by atoms with Crippen LogP contribution in [0.3, 0.4) is 0 Å². The minimum Gasteiger partial charge on any atom is -0.465 e. The second kappa shape index (κ2) is 12.6. The van der Waals surface area contributed by atoms with Crippen molar-refractivity contribution >= 4 is 45.5 Å². The van der Waals surface area contributed by atoms with Gasteiger partial charge in [-0.25, -0.2) is 18.0 Å². The van der Waals surface area contributed by atoms with E-state index in [1.165, 1.54) is 19.2 Å². The maximum absolute atomic E-state index is 13.8. The van der Waals surface area contributed by atoms with Crippen LogP contribution >= 0.6 is 0 Å². The van der Waals surface area contributed by atoms with Crippen molar-refractivity contribution in [1.82, 2.24) is 14.9 Å². The first-order chi connectivity index (χ1) is 20.9. The van der Waals surface area contributed by atoms with Gasteiger partial charge in [-0.15, -0.1) is 0 Å². The Balaban J connectivity index is 1.33. The molecule has 0 unspecified atom stereocenters. The van der Waals surface area contributed by atoms with E-state index in [2.05, 4.69) is 15.4 Å². The molecule has 4 aliphatic rings. The van der Waals surface area contributed by atoms with E-state index in [4.69, 9.17) is 9.47 Å². The first-order valence-electron chi connectivity index (χ1n) is 14.9. The third-order valence-corrected chi connectivity index (χ3v) is 10.6. The van der Waals surface area contributed by atoms with E-state index in [1.54, 1.807) is 24.1 Å². The number of rotatable bonds is 6. The fourth-order valence-corrected chi connectivity index (χ4v) is 7.40. The lowest BCUT2D eigenvalue weighted by Gasteiger charge is -2.26. The van der Waals surface area contributed by atoms with E-state index in [-0.39, 0.29) is 36.7 Å². The molecule has 1 heterocycles. The molecule has 13 nitrogen and oxygen atoms in total. The monoisotopic (exact) mass is 630 g/mol. The molecule has 4 amide bonds. The minimum absolute atomic E-state index is 0.0320. The average Bonchev–Trinajstić information content (AvgIpc) is 3.91. The molecular weight excluding hydrogens is 592 g/mol. The fraction of sp³-hybridized carbons (Fsp3) is 0.567. The van der Waals surface area contributed by atoms with Crippen LogP contribution in [0, 0.1) is 17.8 Å². The highest BCUT2D eigenvalue weighted by Crippen LogP contribution is 2.47. The van der Waals surface area contributed by atoms with Gasteiger partial charge in [0.1, 0.15) is 11.6 Å². The van der Waals surface area contributed by atoms with Crippen molar-refractivity contribution in [3.05, 3.63) is 42.0 Å². The summed E-state index contributed by atoms with van der Waals surface area (Å²) in [6.07, 6.45) is 5.74. The van der Waals surface area contributed by atoms with Gasteiger partial charge in [0.15, 0.2) is 0 Å². The van der Waals surface area contributed by atoms with Crippen molar-refractivity contribution in [2.24, 2.45) is 17.8 Å². The maximum Gasteiger partial charge on any atom is 0.411 e. The fourth-order valence-electron chi connectivity index (χ4n) is 6.03. The quantitative estimate of drug-likeness (QED) is 0.314. The topological polar surface area (TPSA) is 177 Å². The van der Waals surface area contributed by atoms with Gasteiger partial charge in [0.25, 0.3) is 5.91 Å². The molecule has 3 saturated carbocycles. The number of esters is 1. The lowest BCUT2D eigenvalue weighted by molar-refractivity contribution is -0.140. The van der Waals surface area contributed by atoms with E-state index in [9.17, 15) is 32.4 Å². The number of amides is 4. The lowest BCUT2D eigenvalue weighted by atomic mass is 9.93. The molecule has 0 spiro atoms. The molecule has 1 aromatic carbocycles. The Kier molecular flexibility index (Phi) is 9.00. The van der Waals surface area contributed by atoms with E-state index >= 15 is 0 Å². The number of sulfonamides is 1. The first kappa shape index (κ1) is 31.5. The first-order valence-corrected chi connectivity index (χ1v) is 16.4. The Hall–Kier alpha value is -3.94. The molecule has 44 heavy (non-hydrogen) atoms. The smallest absolute Gasteiger partial charge is 0.411 e. The van der Waals surface area contributed by atoms with Gasteiger partial charge >= 0.3 is 12.1 Å². The highest BCUT2D eigenvalue weighted by molar-refractivity contribution is 7.91. The van der Waals surface area contributed by atoms with Gasteiger partial charge in [-0.3, -0.25) is 24.4 Å². The van der Waals surface area contributed by atoms with Gasteiger partial charge in [0.05, 0.1) is 29.8 Å². The van der Waals surface area contributed by atoms with Crippen LogP contribution in [0.25, 0.3) is 0 Å². The van der Waals surface area contributed by atoms with Gasteiger partial charge in [-0.1, -0.05) is 18.2 Å². The van der Waals surface area contributed by atoms with Crippen LogP contribution in [0.4, 0.5) is 10.5 Å². The van der Waals surface area contributed by atoms with Gasteiger partial charge < -0.3 is 19.7 Å². The van der Waals surface area contributed by atoms with Gasteiger partial charge in [0, 0.05) is 25.2 Å². The number of hydrogen-bond acceptors (Lipinski definition) is 9. The number of anilines is 1. The molecule has 5 rings (SSSR count). The summed E-state index contributed by atoms with van der Waals surface area (Å²) in [7, 11) is -0.926. The third-order valence-electron chi connectivity index (χ3n) is 8.80. The van der Waals surface area contributed by atoms with E-state index in [1.807, 2.05) is 12.2 Å². The summed E-state index contributed by atoms with van der Waals surface area (Å²) >= 11 is 0. The van der Waals surface area contributed by atoms with Crippen molar-refractivity contribution in [1.29, 1.82) is 0 Å². The van der Waals surface area contributed by atoms with E-state index in [0.29, 0.717) is 31.5 Å². The summed E-state index contributed by atoms with van der Waals surface area (Å²) in [6.45, 7) is 0.495. The standard InChI is InChI=1S/C30H38N4O9S/c1-34-13-6-4-3-5-9-19-17-30(19,28(38)33-44(40,41)22-11-12-22)32-25(35)23-15-21(16-24(23)26(34)36)43-29(39)31-20-10-7-8-18(14-20)27(37)42-2/h5,7-10,14,19,21-24H,3-4,6,11-13,15-17H2,1-2H3,(H,31,39)(H,32,35)(H,33,38)/t19-,21-,23-,24-,30-/m1/s1. The molecule has 3 N–H and O–H groups in total. The molecule has 0 radical (unpaired) electrons. The zero-order valence-electron chi connectivity index (χ0n) is 24.7. The Morgan fingerprint density at radius 2 is 1.84 bits per heavy atom. The number of carbonyl (C=O) groups excluding carboxylic acids is 5. The zero-order chi connectivity index (χ0) is 31.6. The van der Waals surface area contributed by atoms with Crippen LogP contribution in [-0.4, -0.2) is 80.7 Å². The summed E-state index contributed by atoms with van der Waals surface area (Å²) in [5.74, 6) is -4.30. The summed E-state index contributed by atoms with van der Waals surface area (Å²) in [5.41, 5.74) is -0.915. The number of nitrogens with zero attached hydrogens (tertiary/aromatic N) is 1. The molecule has 1 aliphatic heterocycles. The largest absolute Gasteiger partial charge is 0.465 e. The second-order valence-corrected chi connectivity index (χ2v) is 14.0. The van der Waals surface area contributed by atoms with Gasteiger partial charge in [0.2, 0.25) is 21.8 Å². The summed E-state index contributed by atoms with van der Waals surface area (Å²) < 4.78 is 37.6. The van der Waals surface area contributed by atoms with Crippen LogP contribution in [-0.2, 0) is 33.9 Å². The van der Waals surface area contributed by atoms with Crippen molar-refractivity contribution in [2.45, 2.75) is 68.3 Å². The predicted molar refractivity (Wildman–Crippen MR) is 158 cm³/mol. The zero-order valence-corrected chi connectivity index (χ0v) is 25.6. The number of carbonyl (C=O) groups is 5. The number of nitrogens with one attached hydrogen (secondary N) is 3. The number of methoxy groups -OCH3 is 1.